The van der Waals surface area contributed by atoms with E-state index in [2.05, 4.69) is 5.32 Å². The van der Waals surface area contributed by atoms with Gasteiger partial charge in [0, 0.05) is 31.4 Å². The van der Waals surface area contributed by atoms with Crippen LogP contribution >= 0.6 is 0 Å². The van der Waals surface area contributed by atoms with E-state index >= 15 is 0 Å². The molecule has 156 valence electrons. The Morgan fingerprint density at radius 2 is 1.70 bits per heavy atom. The Morgan fingerprint density at radius 3 is 2.37 bits per heavy atom. The van der Waals surface area contributed by atoms with E-state index in [9.17, 15) is 17.6 Å². The van der Waals surface area contributed by atoms with Gasteiger partial charge in [-0.15, -0.1) is 0 Å². The molecular weight excluding hydrogens is 407 g/mol. The van der Waals surface area contributed by atoms with Crippen LogP contribution in [-0.4, -0.2) is 32.7 Å². The zero-order valence-electron chi connectivity index (χ0n) is 16.5. The monoisotopic (exact) mass is 428 g/mol. The van der Waals surface area contributed by atoms with E-state index in [4.69, 9.17) is 4.74 Å². The predicted molar refractivity (Wildman–Crippen MR) is 112 cm³/mol. The summed E-state index contributed by atoms with van der Waals surface area (Å²) < 4.78 is 44.3. The first-order valence-corrected chi connectivity index (χ1v) is 10.5. The van der Waals surface area contributed by atoms with Gasteiger partial charge in [-0.25, -0.2) is 17.1 Å². The number of benzene rings is 3. The second kappa shape index (κ2) is 9.06. The normalized spacial score (nSPS) is 11.3. The summed E-state index contributed by atoms with van der Waals surface area (Å²) in [7, 11) is -0.667. The molecule has 0 heterocycles. The van der Waals surface area contributed by atoms with Crippen LogP contribution in [-0.2, 0) is 16.6 Å². The third-order valence-electron chi connectivity index (χ3n) is 4.28. The Labute approximate surface area is 175 Å². The summed E-state index contributed by atoms with van der Waals surface area (Å²) in [5.74, 6) is -0.197. The minimum Gasteiger partial charge on any atom is -0.489 e. The highest BCUT2D eigenvalue weighted by Gasteiger charge is 2.17. The molecule has 0 bridgehead atoms. The lowest BCUT2D eigenvalue weighted by molar-refractivity contribution is 0.102. The lowest BCUT2D eigenvalue weighted by Gasteiger charge is -2.12. The van der Waals surface area contributed by atoms with Gasteiger partial charge in [0.25, 0.3) is 5.91 Å². The van der Waals surface area contributed by atoms with Crippen LogP contribution in [0.15, 0.2) is 77.7 Å². The summed E-state index contributed by atoms with van der Waals surface area (Å²) in [6.45, 7) is 0.191. The van der Waals surface area contributed by atoms with Crippen molar-refractivity contribution in [2.24, 2.45) is 0 Å². The quantitative estimate of drug-likeness (QED) is 0.619. The average Bonchev–Trinajstić information content (AvgIpc) is 2.72. The molecule has 0 atom stereocenters. The highest BCUT2D eigenvalue weighted by molar-refractivity contribution is 7.89. The summed E-state index contributed by atoms with van der Waals surface area (Å²) in [6.07, 6.45) is 0. The van der Waals surface area contributed by atoms with Gasteiger partial charge in [-0.2, -0.15) is 0 Å². The number of ether oxygens (including phenoxy) is 1. The first kappa shape index (κ1) is 21.5. The molecule has 1 N–H and O–H groups in total. The molecule has 0 fully saturated rings. The van der Waals surface area contributed by atoms with Crippen molar-refractivity contribution in [2.45, 2.75) is 11.5 Å². The largest absolute Gasteiger partial charge is 0.489 e. The van der Waals surface area contributed by atoms with E-state index < -0.39 is 10.0 Å². The molecule has 0 aliphatic carbocycles. The topological polar surface area (TPSA) is 75.7 Å². The Balaban J connectivity index is 1.66. The summed E-state index contributed by atoms with van der Waals surface area (Å²) in [4.78, 5) is 12.6. The van der Waals surface area contributed by atoms with Gasteiger partial charge in [0.1, 0.15) is 18.2 Å². The van der Waals surface area contributed by atoms with Crippen molar-refractivity contribution in [1.29, 1.82) is 0 Å². The van der Waals surface area contributed by atoms with Crippen LogP contribution < -0.4 is 10.1 Å². The van der Waals surface area contributed by atoms with Crippen molar-refractivity contribution in [2.75, 3.05) is 19.4 Å². The second-order valence-corrected chi connectivity index (χ2v) is 8.86. The number of nitrogens with zero attached hydrogens (tertiary/aromatic N) is 1. The lowest BCUT2D eigenvalue weighted by atomic mass is 10.2. The number of amides is 1. The number of hydrogen-bond donors (Lipinski definition) is 1. The number of anilines is 1. The molecule has 3 aromatic carbocycles. The van der Waals surface area contributed by atoms with Gasteiger partial charge in [-0.1, -0.05) is 18.2 Å². The molecule has 1 amide bonds. The Morgan fingerprint density at radius 1 is 1.00 bits per heavy atom. The van der Waals surface area contributed by atoms with Crippen LogP contribution in [0.4, 0.5) is 10.1 Å². The molecule has 0 aromatic heterocycles. The molecule has 0 aliphatic rings. The maximum atomic E-state index is 13.3. The number of carbonyl (C=O) groups excluding carboxylic acids is 1. The molecule has 0 radical (unpaired) electrons. The van der Waals surface area contributed by atoms with E-state index in [0.717, 1.165) is 4.31 Å². The summed E-state index contributed by atoms with van der Waals surface area (Å²) in [5.41, 5.74) is 1.53. The van der Waals surface area contributed by atoms with Gasteiger partial charge in [0.15, 0.2) is 0 Å². The first-order chi connectivity index (χ1) is 14.3. The molecule has 3 aromatic rings. The number of carbonyl (C=O) groups is 1. The fraction of sp³-hybridized carbons (Fsp3) is 0.136. The van der Waals surface area contributed by atoms with Crippen molar-refractivity contribution < 1.29 is 22.3 Å². The molecule has 0 unspecified atom stereocenters. The van der Waals surface area contributed by atoms with Gasteiger partial charge in [-0.05, 0) is 54.1 Å². The first-order valence-electron chi connectivity index (χ1n) is 9.07. The van der Waals surface area contributed by atoms with E-state index in [-0.39, 0.29) is 23.2 Å². The Hall–Kier alpha value is -3.23. The van der Waals surface area contributed by atoms with E-state index in [1.54, 1.807) is 36.4 Å². The van der Waals surface area contributed by atoms with Gasteiger partial charge in [0.2, 0.25) is 10.0 Å². The van der Waals surface area contributed by atoms with Crippen molar-refractivity contribution in [3.63, 3.8) is 0 Å². The van der Waals surface area contributed by atoms with Gasteiger partial charge in [-0.3, -0.25) is 4.79 Å². The van der Waals surface area contributed by atoms with Crippen LogP contribution in [0.25, 0.3) is 0 Å². The molecule has 0 aliphatic heterocycles. The summed E-state index contributed by atoms with van der Waals surface area (Å²) in [6, 6.07) is 18.6. The molecule has 0 saturated carbocycles. The van der Waals surface area contributed by atoms with Gasteiger partial charge < -0.3 is 10.1 Å². The number of sulfonamides is 1. The number of hydrogen-bond acceptors (Lipinski definition) is 4. The van der Waals surface area contributed by atoms with E-state index in [0.29, 0.717) is 22.6 Å². The molecule has 0 saturated heterocycles. The van der Waals surface area contributed by atoms with Crippen LogP contribution in [0.2, 0.25) is 0 Å². The van der Waals surface area contributed by atoms with Crippen LogP contribution in [0.5, 0.6) is 5.75 Å². The van der Waals surface area contributed by atoms with Gasteiger partial charge >= 0.3 is 0 Å². The maximum absolute atomic E-state index is 13.3. The third-order valence-corrected chi connectivity index (χ3v) is 6.11. The predicted octanol–water partition coefficient (Wildman–Crippen LogP) is 3.91. The van der Waals surface area contributed by atoms with Gasteiger partial charge in [0.05, 0.1) is 4.90 Å². The summed E-state index contributed by atoms with van der Waals surface area (Å²) in [5, 5.41) is 2.75. The molecule has 6 nitrogen and oxygen atoms in total. The summed E-state index contributed by atoms with van der Waals surface area (Å²) >= 11 is 0. The van der Waals surface area contributed by atoms with Crippen LogP contribution in [0.3, 0.4) is 0 Å². The zero-order chi connectivity index (χ0) is 21.7. The minimum absolute atomic E-state index is 0.108. The fourth-order valence-electron chi connectivity index (χ4n) is 2.65. The second-order valence-electron chi connectivity index (χ2n) is 6.71. The molecule has 0 spiro atoms. The zero-order valence-corrected chi connectivity index (χ0v) is 17.3. The SMILES string of the molecule is CN(C)S(=O)(=O)c1ccc(C(=O)Nc2cccc(OCc3cccc(F)c3)c2)cc1. The van der Waals surface area contributed by atoms with E-state index in [1.807, 2.05) is 0 Å². The number of halogens is 1. The standard InChI is InChI=1S/C22H21FN2O4S/c1-25(2)30(27,28)21-11-9-17(10-12-21)22(26)24-19-7-4-8-20(14-19)29-15-16-5-3-6-18(23)13-16/h3-14H,15H2,1-2H3,(H,24,26). The molecule has 3 rings (SSSR count). The number of rotatable bonds is 7. The van der Waals surface area contributed by atoms with E-state index in [1.165, 1.54) is 50.5 Å². The molecule has 30 heavy (non-hydrogen) atoms. The third kappa shape index (κ3) is 5.22. The highest BCUT2D eigenvalue weighted by Crippen LogP contribution is 2.20. The highest BCUT2D eigenvalue weighted by atomic mass is 32.2. The Bertz CT molecular complexity index is 1150. The van der Waals surface area contributed by atoms with Crippen molar-refractivity contribution in [3.05, 3.63) is 89.7 Å². The van der Waals surface area contributed by atoms with Crippen molar-refractivity contribution in [1.82, 2.24) is 4.31 Å². The fourth-order valence-corrected chi connectivity index (χ4v) is 3.55. The minimum atomic E-state index is -3.55. The smallest absolute Gasteiger partial charge is 0.255 e. The van der Waals surface area contributed by atoms with Crippen LogP contribution in [0.1, 0.15) is 15.9 Å². The molecule has 8 heteroatoms. The molecular formula is C22H21FN2O4S. The Kier molecular flexibility index (Phi) is 6.49. The number of nitrogens with one attached hydrogen (secondary N) is 1. The van der Waals surface area contributed by atoms with Crippen molar-refractivity contribution in [3.8, 4) is 5.75 Å². The lowest BCUT2D eigenvalue weighted by Crippen LogP contribution is -2.22. The van der Waals surface area contributed by atoms with Crippen molar-refractivity contribution >= 4 is 21.6 Å². The average molecular weight is 428 g/mol. The van der Waals surface area contributed by atoms with Crippen LogP contribution in [0, 0.1) is 5.82 Å². The maximum Gasteiger partial charge on any atom is 0.255 e.